The van der Waals surface area contributed by atoms with Gasteiger partial charge in [0.05, 0.1) is 0 Å². The van der Waals surface area contributed by atoms with Crippen molar-refractivity contribution in [1.82, 2.24) is 14.6 Å². The molecule has 0 saturated carbocycles. The van der Waals surface area contributed by atoms with Crippen molar-refractivity contribution < 1.29 is 13.9 Å². The fraction of sp³-hybridized carbons (Fsp3) is 0.222. The summed E-state index contributed by atoms with van der Waals surface area (Å²) in [5, 5.41) is 12.1. The van der Waals surface area contributed by atoms with E-state index in [-0.39, 0.29) is 11.5 Å². The summed E-state index contributed by atoms with van der Waals surface area (Å²) in [6.07, 6.45) is 1.38. The highest BCUT2D eigenvalue weighted by Crippen LogP contribution is 2.23. The average Bonchev–Trinajstić information content (AvgIpc) is 2.93. The normalized spacial score (nSPS) is 9.88. The first-order valence-corrected chi connectivity index (χ1v) is 5.28. The van der Waals surface area contributed by atoms with Crippen molar-refractivity contribution in [3.8, 4) is 17.5 Å². The molecule has 0 amide bonds. The van der Waals surface area contributed by atoms with Gasteiger partial charge in [-0.25, -0.2) is 9.78 Å². The van der Waals surface area contributed by atoms with Crippen molar-refractivity contribution in [3.05, 3.63) is 17.0 Å². The maximum absolute atomic E-state index is 11.6. The second-order valence-corrected chi connectivity index (χ2v) is 3.69. The summed E-state index contributed by atoms with van der Waals surface area (Å²) in [6, 6.07) is 1.71. The highest BCUT2D eigenvalue weighted by atomic mass is 32.1. The Morgan fingerprint density at radius 1 is 1.71 bits per heavy atom. The van der Waals surface area contributed by atoms with E-state index in [1.807, 2.05) is 0 Å². The van der Waals surface area contributed by atoms with E-state index < -0.39 is 5.97 Å². The molecule has 0 aliphatic heterocycles. The second kappa shape index (κ2) is 4.71. The monoisotopic (exact) mass is 250 g/mol. The summed E-state index contributed by atoms with van der Waals surface area (Å²) in [7, 11) is 0. The van der Waals surface area contributed by atoms with Gasteiger partial charge in [0.15, 0.2) is 17.4 Å². The number of oxazole rings is 1. The molecule has 17 heavy (non-hydrogen) atoms. The Hall–Kier alpha value is -2.27. The number of hydrogen-bond acceptors (Lipinski definition) is 8. The maximum Gasteiger partial charge on any atom is 0.353 e. The molecule has 2 rings (SSSR count). The van der Waals surface area contributed by atoms with Crippen molar-refractivity contribution in [2.24, 2.45) is 0 Å². The fourth-order valence-corrected chi connectivity index (χ4v) is 1.70. The average molecular weight is 250 g/mol. The van der Waals surface area contributed by atoms with Gasteiger partial charge < -0.3 is 9.15 Å². The SMILES string of the molecule is Cc1nc(-c2nnsc2C(=O)OCC#N)co1. The minimum absolute atomic E-state index is 0.202. The van der Waals surface area contributed by atoms with Crippen molar-refractivity contribution in [2.45, 2.75) is 6.92 Å². The molecule has 0 N–H and O–H groups in total. The molecular formula is C9H6N4O3S. The molecule has 0 atom stereocenters. The van der Waals surface area contributed by atoms with Crippen LogP contribution in [0.3, 0.4) is 0 Å². The van der Waals surface area contributed by atoms with E-state index in [1.54, 1.807) is 13.0 Å². The molecule has 0 unspecified atom stereocenters. The molecule has 0 spiro atoms. The Balaban J connectivity index is 2.29. The summed E-state index contributed by atoms with van der Waals surface area (Å²) in [6.45, 7) is 1.37. The van der Waals surface area contributed by atoms with E-state index in [4.69, 9.17) is 9.68 Å². The predicted molar refractivity (Wildman–Crippen MR) is 56.0 cm³/mol. The topological polar surface area (TPSA) is 102 Å². The largest absolute Gasteiger partial charge is 0.449 e. The van der Waals surface area contributed by atoms with Crippen LogP contribution in [0, 0.1) is 18.3 Å². The lowest BCUT2D eigenvalue weighted by atomic mass is 10.3. The smallest absolute Gasteiger partial charge is 0.353 e. The van der Waals surface area contributed by atoms with Gasteiger partial charge in [-0.2, -0.15) is 5.26 Å². The Kier molecular flexibility index (Phi) is 3.11. The van der Waals surface area contributed by atoms with E-state index in [9.17, 15) is 4.79 Å². The summed E-state index contributed by atoms with van der Waals surface area (Å²) in [4.78, 5) is 15.8. The lowest BCUT2D eigenvalue weighted by molar-refractivity contribution is 0.0561. The third-order valence-corrected chi connectivity index (χ3v) is 2.51. The van der Waals surface area contributed by atoms with Gasteiger partial charge in [-0.05, 0) is 11.5 Å². The van der Waals surface area contributed by atoms with Crippen LogP contribution in [-0.4, -0.2) is 27.1 Å². The number of aromatic nitrogens is 3. The van der Waals surface area contributed by atoms with Gasteiger partial charge in [-0.15, -0.1) is 5.10 Å². The number of hydrogen-bond donors (Lipinski definition) is 0. The first-order valence-electron chi connectivity index (χ1n) is 4.51. The van der Waals surface area contributed by atoms with Gasteiger partial charge in [0.25, 0.3) is 0 Å². The molecule has 2 heterocycles. The van der Waals surface area contributed by atoms with Gasteiger partial charge in [0, 0.05) is 6.92 Å². The third kappa shape index (κ3) is 2.29. The number of carbonyl (C=O) groups is 1. The minimum atomic E-state index is -0.641. The highest BCUT2D eigenvalue weighted by Gasteiger charge is 2.21. The first-order chi connectivity index (χ1) is 8.22. The predicted octanol–water partition coefficient (Wildman–Crippen LogP) is 1.18. The van der Waals surface area contributed by atoms with Crippen LogP contribution in [0.15, 0.2) is 10.7 Å². The molecule has 86 valence electrons. The fourth-order valence-electron chi connectivity index (χ4n) is 1.13. The summed E-state index contributed by atoms with van der Waals surface area (Å²) in [5.74, 6) is -0.179. The van der Waals surface area contributed by atoms with Crippen molar-refractivity contribution in [2.75, 3.05) is 6.61 Å². The Morgan fingerprint density at radius 3 is 3.18 bits per heavy atom. The molecule has 0 bridgehead atoms. The molecule has 0 aromatic carbocycles. The molecule has 0 saturated heterocycles. The first kappa shape index (κ1) is 11.2. The van der Waals surface area contributed by atoms with E-state index in [0.717, 1.165) is 11.5 Å². The van der Waals surface area contributed by atoms with E-state index in [2.05, 4.69) is 19.3 Å². The van der Waals surface area contributed by atoms with Crippen LogP contribution in [-0.2, 0) is 4.74 Å². The molecule has 0 fully saturated rings. The minimum Gasteiger partial charge on any atom is -0.449 e. The van der Waals surface area contributed by atoms with Crippen molar-refractivity contribution in [3.63, 3.8) is 0 Å². The molecule has 2 aromatic rings. The molecule has 8 heteroatoms. The lowest BCUT2D eigenvalue weighted by Crippen LogP contribution is -2.04. The summed E-state index contributed by atoms with van der Waals surface area (Å²) < 4.78 is 13.4. The molecule has 0 radical (unpaired) electrons. The molecule has 0 aliphatic rings. The van der Waals surface area contributed by atoms with Crippen LogP contribution in [0.25, 0.3) is 11.4 Å². The highest BCUT2D eigenvalue weighted by molar-refractivity contribution is 7.08. The number of ether oxygens (including phenoxy) is 1. The van der Waals surface area contributed by atoms with Crippen LogP contribution >= 0.6 is 11.5 Å². The maximum atomic E-state index is 11.6. The van der Waals surface area contributed by atoms with E-state index in [0.29, 0.717) is 17.3 Å². The van der Waals surface area contributed by atoms with Crippen LogP contribution < -0.4 is 0 Å². The van der Waals surface area contributed by atoms with Crippen LogP contribution in [0.5, 0.6) is 0 Å². The Labute approximate surface area is 99.8 Å². The molecule has 0 aliphatic carbocycles. The zero-order valence-electron chi connectivity index (χ0n) is 8.71. The van der Waals surface area contributed by atoms with Crippen molar-refractivity contribution in [1.29, 1.82) is 5.26 Å². The number of esters is 1. The number of nitrogens with zero attached hydrogens (tertiary/aromatic N) is 4. The third-order valence-electron chi connectivity index (χ3n) is 1.80. The number of aryl methyl sites for hydroxylation is 1. The number of nitriles is 1. The van der Waals surface area contributed by atoms with Gasteiger partial charge in [-0.3, -0.25) is 0 Å². The zero-order valence-corrected chi connectivity index (χ0v) is 9.52. The van der Waals surface area contributed by atoms with Crippen molar-refractivity contribution >= 4 is 17.5 Å². The standard InChI is InChI=1S/C9H6N4O3S/c1-5-11-6(4-16-5)7-8(17-13-12-7)9(14)15-3-2-10/h4H,3H2,1H3. The van der Waals surface area contributed by atoms with Gasteiger partial charge in [-0.1, -0.05) is 4.49 Å². The zero-order chi connectivity index (χ0) is 12.3. The number of carbonyl (C=O) groups excluding carboxylic acids is 1. The van der Waals surface area contributed by atoms with Gasteiger partial charge in [0.2, 0.25) is 0 Å². The Morgan fingerprint density at radius 2 is 2.53 bits per heavy atom. The van der Waals surface area contributed by atoms with Crippen LogP contribution in [0.4, 0.5) is 0 Å². The summed E-state index contributed by atoms with van der Waals surface area (Å²) in [5.41, 5.74) is 0.718. The molecule has 2 aromatic heterocycles. The molecule has 7 nitrogen and oxygen atoms in total. The van der Waals surface area contributed by atoms with Crippen LogP contribution in [0.1, 0.15) is 15.6 Å². The summed E-state index contributed by atoms with van der Waals surface area (Å²) >= 11 is 0.885. The van der Waals surface area contributed by atoms with Gasteiger partial charge >= 0.3 is 5.97 Å². The number of rotatable bonds is 3. The second-order valence-electron chi connectivity index (χ2n) is 2.94. The lowest BCUT2D eigenvalue weighted by Gasteiger charge is -1.96. The quantitative estimate of drug-likeness (QED) is 0.753. The van der Waals surface area contributed by atoms with Crippen LogP contribution in [0.2, 0.25) is 0 Å². The van der Waals surface area contributed by atoms with E-state index >= 15 is 0 Å². The Bertz CT molecular complexity index is 583. The molecular weight excluding hydrogens is 244 g/mol. The van der Waals surface area contributed by atoms with Gasteiger partial charge in [0.1, 0.15) is 23.7 Å². The van der Waals surface area contributed by atoms with E-state index in [1.165, 1.54) is 6.26 Å².